The maximum absolute atomic E-state index is 12.5. The lowest BCUT2D eigenvalue weighted by molar-refractivity contribution is -0.137. The molecule has 0 spiro atoms. The second-order valence-corrected chi connectivity index (χ2v) is 6.29. The van der Waals surface area contributed by atoms with Gasteiger partial charge in [0.2, 0.25) is 11.8 Å². The molecule has 26 heavy (non-hydrogen) atoms. The van der Waals surface area contributed by atoms with Gasteiger partial charge in [-0.25, -0.2) is 4.79 Å². The van der Waals surface area contributed by atoms with Crippen molar-refractivity contribution in [1.82, 2.24) is 15.1 Å². The highest BCUT2D eigenvalue weighted by Gasteiger charge is 2.28. The summed E-state index contributed by atoms with van der Waals surface area (Å²) >= 11 is 0. The summed E-state index contributed by atoms with van der Waals surface area (Å²) in [5.41, 5.74) is 1.09. The number of benzene rings is 1. The number of rotatable bonds is 6. The van der Waals surface area contributed by atoms with E-state index in [0.717, 1.165) is 5.56 Å². The third-order valence-corrected chi connectivity index (χ3v) is 4.35. The van der Waals surface area contributed by atoms with Crippen LogP contribution in [0.25, 0.3) is 0 Å². The van der Waals surface area contributed by atoms with Crippen LogP contribution < -0.4 is 5.32 Å². The normalized spacial score (nSPS) is 15.3. The topological polar surface area (TPSA) is 79.0 Å². The van der Waals surface area contributed by atoms with Gasteiger partial charge < -0.3 is 19.9 Å². The van der Waals surface area contributed by atoms with Crippen LogP contribution in [0.1, 0.15) is 25.8 Å². The molecule has 1 aromatic rings. The molecule has 7 nitrogen and oxygen atoms in total. The lowest BCUT2D eigenvalue weighted by atomic mass is 10.1. The fourth-order valence-corrected chi connectivity index (χ4v) is 2.88. The van der Waals surface area contributed by atoms with Crippen LogP contribution in [0.15, 0.2) is 30.3 Å². The zero-order valence-corrected chi connectivity index (χ0v) is 15.4. The van der Waals surface area contributed by atoms with Gasteiger partial charge in [-0.3, -0.25) is 9.59 Å². The molecule has 1 heterocycles. The first-order valence-electron chi connectivity index (χ1n) is 9.05. The minimum atomic E-state index is -0.576. The van der Waals surface area contributed by atoms with Crippen molar-refractivity contribution >= 4 is 17.9 Å². The molecule has 142 valence electrons. The predicted octanol–water partition coefficient (Wildman–Crippen LogP) is 1.42. The number of nitrogens with zero attached hydrogens (tertiary/aromatic N) is 2. The molecule has 1 N–H and O–H groups in total. The monoisotopic (exact) mass is 361 g/mol. The van der Waals surface area contributed by atoms with Crippen LogP contribution in [0.3, 0.4) is 0 Å². The molecule has 0 bridgehead atoms. The molecule has 1 atom stereocenters. The average Bonchev–Trinajstić information content (AvgIpc) is 2.67. The molecule has 3 amide bonds. The Kier molecular flexibility index (Phi) is 7.44. The molecule has 2 rings (SSSR count). The van der Waals surface area contributed by atoms with E-state index in [4.69, 9.17) is 4.74 Å². The maximum atomic E-state index is 12.5. The molecule has 0 aromatic heterocycles. The Morgan fingerprint density at radius 3 is 2.31 bits per heavy atom. The molecule has 1 aliphatic heterocycles. The lowest BCUT2D eigenvalue weighted by Gasteiger charge is -2.35. The highest BCUT2D eigenvalue weighted by Crippen LogP contribution is 2.07. The zero-order chi connectivity index (χ0) is 18.9. The Morgan fingerprint density at radius 2 is 1.69 bits per heavy atom. The van der Waals surface area contributed by atoms with Crippen molar-refractivity contribution in [2.45, 2.75) is 32.7 Å². The fourth-order valence-electron chi connectivity index (χ4n) is 2.88. The number of hydrogen-bond donors (Lipinski definition) is 1. The summed E-state index contributed by atoms with van der Waals surface area (Å²) in [6.07, 6.45) is 0.645. The van der Waals surface area contributed by atoms with Gasteiger partial charge in [-0.1, -0.05) is 30.3 Å². The van der Waals surface area contributed by atoms with E-state index in [9.17, 15) is 14.4 Å². The Bertz CT molecular complexity index is 612. The van der Waals surface area contributed by atoms with E-state index in [0.29, 0.717) is 45.6 Å². The van der Waals surface area contributed by atoms with E-state index in [1.807, 2.05) is 30.3 Å². The Labute approximate surface area is 154 Å². The Hall–Kier alpha value is -2.57. The van der Waals surface area contributed by atoms with Gasteiger partial charge in [-0.05, 0) is 25.8 Å². The summed E-state index contributed by atoms with van der Waals surface area (Å²) in [6, 6.07) is 9.19. The first-order valence-corrected chi connectivity index (χ1v) is 9.05. The van der Waals surface area contributed by atoms with Gasteiger partial charge in [0.15, 0.2) is 0 Å². The van der Waals surface area contributed by atoms with E-state index in [1.54, 1.807) is 23.6 Å². The molecule has 0 saturated carbocycles. The summed E-state index contributed by atoms with van der Waals surface area (Å²) < 4.78 is 4.97. The molecular formula is C19H27N3O4. The second kappa shape index (κ2) is 9.79. The number of nitrogens with one attached hydrogen (secondary N) is 1. The highest BCUT2D eigenvalue weighted by atomic mass is 16.6. The van der Waals surface area contributed by atoms with Crippen molar-refractivity contribution in [1.29, 1.82) is 0 Å². The number of carbonyl (C=O) groups excluding carboxylic acids is 3. The molecule has 1 saturated heterocycles. The van der Waals surface area contributed by atoms with Gasteiger partial charge in [0.1, 0.15) is 6.04 Å². The molecule has 7 heteroatoms. The molecule has 0 aliphatic carbocycles. The molecule has 0 unspecified atom stereocenters. The smallest absolute Gasteiger partial charge is 0.409 e. The summed E-state index contributed by atoms with van der Waals surface area (Å²) in [5, 5.41) is 2.77. The highest BCUT2D eigenvalue weighted by molar-refractivity contribution is 5.87. The van der Waals surface area contributed by atoms with Crippen LogP contribution in [0.5, 0.6) is 0 Å². The van der Waals surface area contributed by atoms with Crippen LogP contribution in [0, 0.1) is 0 Å². The summed E-state index contributed by atoms with van der Waals surface area (Å²) in [6.45, 7) is 5.58. The summed E-state index contributed by atoms with van der Waals surface area (Å²) in [5.74, 6) is -0.263. The number of carbonyl (C=O) groups is 3. The van der Waals surface area contributed by atoms with E-state index >= 15 is 0 Å². The van der Waals surface area contributed by atoms with Crippen molar-refractivity contribution in [2.24, 2.45) is 0 Å². The number of piperazine rings is 1. The average molecular weight is 361 g/mol. The number of ether oxygens (including phenoxy) is 1. The summed E-state index contributed by atoms with van der Waals surface area (Å²) in [7, 11) is 0. The molecule has 1 fully saturated rings. The van der Waals surface area contributed by atoms with Crippen molar-refractivity contribution in [3.05, 3.63) is 35.9 Å². The molecular weight excluding hydrogens is 334 g/mol. The third kappa shape index (κ3) is 5.75. The van der Waals surface area contributed by atoms with E-state index in [2.05, 4.69) is 5.32 Å². The number of amides is 3. The standard InChI is InChI=1S/C19H27N3O4/c1-3-26-19(25)22-13-11-21(12-14-22)18(24)15(2)20-17(23)10-9-16-7-5-4-6-8-16/h4-8,15H,3,9-14H2,1-2H3,(H,20,23)/t15-/m1/s1. The fraction of sp³-hybridized carbons (Fsp3) is 0.526. The predicted molar refractivity (Wildman–Crippen MR) is 97.5 cm³/mol. The Morgan fingerprint density at radius 1 is 1.08 bits per heavy atom. The Balaban J connectivity index is 1.73. The molecule has 1 aromatic carbocycles. The number of hydrogen-bond acceptors (Lipinski definition) is 4. The van der Waals surface area contributed by atoms with Gasteiger partial charge >= 0.3 is 6.09 Å². The van der Waals surface area contributed by atoms with E-state index < -0.39 is 6.04 Å². The molecule has 1 aliphatic rings. The largest absolute Gasteiger partial charge is 0.450 e. The van der Waals surface area contributed by atoms with Gasteiger partial charge in [-0.2, -0.15) is 0 Å². The van der Waals surface area contributed by atoms with Crippen molar-refractivity contribution in [2.75, 3.05) is 32.8 Å². The van der Waals surface area contributed by atoms with Crippen molar-refractivity contribution in [3.8, 4) is 0 Å². The van der Waals surface area contributed by atoms with E-state index in [1.165, 1.54) is 0 Å². The first kappa shape index (κ1) is 19.8. The van der Waals surface area contributed by atoms with Gasteiger partial charge in [0.05, 0.1) is 6.61 Å². The van der Waals surface area contributed by atoms with E-state index in [-0.39, 0.29) is 17.9 Å². The van der Waals surface area contributed by atoms with Crippen LogP contribution >= 0.6 is 0 Å². The van der Waals surface area contributed by atoms with Gasteiger partial charge in [0, 0.05) is 32.6 Å². The SMILES string of the molecule is CCOC(=O)N1CCN(C(=O)[C@@H](C)NC(=O)CCc2ccccc2)CC1. The zero-order valence-electron chi connectivity index (χ0n) is 15.4. The molecule has 0 radical (unpaired) electrons. The van der Waals surface area contributed by atoms with Gasteiger partial charge in [0.25, 0.3) is 0 Å². The summed E-state index contributed by atoms with van der Waals surface area (Å²) in [4.78, 5) is 39.5. The maximum Gasteiger partial charge on any atom is 0.409 e. The quantitative estimate of drug-likeness (QED) is 0.831. The second-order valence-electron chi connectivity index (χ2n) is 6.29. The minimum absolute atomic E-state index is 0.124. The van der Waals surface area contributed by atoms with Crippen LogP contribution in [0.4, 0.5) is 4.79 Å². The third-order valence-electron chi connectivity index (χ3n) is 4.35. The first-order chi connectivity index (χ1) is 12.5. The van der Waals surface area contributed by atoms with Crippen molar-refractivity contribution < 1.29 is 19.1 Å². The van der Waals surface area contributed by atoms with Crippen LogP contribution in [0.2, 0.25) is 0 Å². The van der Waals surface area contributed by atoms with Crippen LogP contribution in [-0.4, -0.2) is 66.5 Å². The van der Waals surface area contributed by atoms with Crippen LogP contribution in [-0.2, 0) is 20.7 Å². The lowest BCUT2D eigenvalue weighted by Crippen LogP contribution is -2.55. The number of aryl methyl sites for hydroxylation is 1. The minimum Gasteiger partial charge on any atom is -0.450 e. The van der Waals surface area contributed by atoms with Crippen molar-refractivity contribution in [3.63, 3.8) is 0 Å². The van der Waals surface area contributed by atoms with Gasteiger partial charge in [-0.15, -0.1) is 0 Å².